The highest BCUT2D eigenvalue weighted by Crippen LogP contribution is 2.33. The summed E-state index contributed by atoms with van der Waals surface area (Å²) in [6.45, 7) is 0.846. The number of benzene rings is 2. The van der Waals surface area contributed by atoms with Crippen LogP contribution in [0.5, 0.6) is 0 Å². The Morgan fingerprint density at radius 3 is 2.48 bits per heavy atom. The van der Waals surface area contributed by atoms with E-state index >= 15 is 0 Å². The summed E-state index contributed by atoms with van der Waals surface area (Å²) in [6.07, 6.45) is 1.20. The van der Waals surface area contributed by atoms with Crippen LogP contribution in [0.25, 0.3) is 0 Å². The molecule has 0 spiro atoms. The lowest BCUT2D eigenvalue weighted by Crippen LogP contribution is -2.46. The number of nitrogens with zero attached hydrogens (tertiary/aromatic N) is 1. The molecule has 3 N–H and O–H groups in total. The number of piperidine rings is 1. The monoisotopic (exact) mass is 441 g/mol. The number of halogens is 1. The molecule has 3 amide bonds. The highest BCUT2D eigenvalue weighted by molar-refractivity contribution is 6.30. The molecule has 2 aliphatic rings. The van der Waals surface area contributed by atoms with Gasteiger partial charge in [0.15, 0.2) is 0 Å². The van der Waals surface area contributed by atoms with Crippen LogP contribution < -0.4 is 10.6 Å². The van der Waals surface area contributed by atoms with E-state index in [0.717, 1.165) is 5.56 Å². The molecule has 162 valence electrons. The summed E-state index contributed by atoms with van der Waals surface area (Å²) in [4.78, 5) is 39.3. The van der Waals surface area contributed by atoms with Crippen molar-refractivity contribution < 1.29 is 19.5 Å². The van der Waals surface area contributed by atoms with Gasteiger partial charge in [0, 0.05) is 24.5 Å². The first-order valence-electron chi connectivity index (χ1n) is 10.3. The Balaban J connectivity index is 1.32. The van der Waals surface area contributed by atoms with Gasteiger partial charge in [-0.05, 0) is 49.1 Å². The summed E-state index contributed by atoms with van der Waals surface area (Å²) in [6, 6.07) is 13.1. The van der Waals surface area contributed by atoms with E-state index in [4.69, 9.17) is 11.6 Å². The molecule has 1 saturated heterocycles. The molecule has 2 aromatic carbocycles. The maximum absolute atomic E-state index is 12.7. The Morgan fingerprint density at radius 1 is 1.10 bits per heavy atom. The van der Waals surface area contributed by atoms with Gasteiger partial charge < -0.3 is 20.6 Å². The standard InChI is InChI=1S/C23H24ClN3O4/c24-16-7-5-15(6-8-16)23(31)11-13-27(14-12-23)20(28)10-9-19-22(30)25-18-4-2-1-3-17(18)21(29)26-19/h1-8,19,31H,9-14H2,(H,25,30)(H,26,29)/t19-/m0/s1. The van der Waals surface area contributed by atoms with Crippen molar-refractivity contribution in [3.8, 4) is 0 Å². The van der Waals surface area contributed by atoms with Crippen LogP contribution in [0.2, 0.25) is 5.02 Å². The topological polar surface area (TPSA) is 98.7 Å². The first-order chi connectivity index (χ1) is 14.9. The third-order valence-electron chi connectivity index (χ3n) is 6.02. The zero-order valence-electron chi connectivity index (χ0n) is 16.9. The molecule has 2 heterocycles. The highest BCUT2D eigenvalue weighted by atomic mass is 35.5. The van der Waals surface area contributed by atoms with Crippen LogP contribution >= 0.6 is 11.6 Å². The fourth-order valence-corrected chi connectivity index (χ4v) is 4.24. The number of anilines is 1. The summed E-state index contributed by atoms with van der Waals surface area (Å²) >= 11 is 5.93. The summed E-state index contributed by atoms with van der Waals surface area (Å²) in [5.41, 5.74) is 0.683. The first-order valence-corrected chi connectivity index (χ1v) is 10.7. The zero-order chi connectivity index (χ0) is 22.0. The Morgan fingerprint density at radius 2 is 1.77 bits per heavy atom. The van der Waals surface area contributed by atoms with Gasteiger partial charge in [-0.1, -0.05) is 35.9 Å². The zero-order valence-corrected chi connectivity index (χ0v) is 17.7. The largest absolute Gasteiger partial charge is 0.385 e. The molecule has 0 radical (unpaired) electrons. The molecule has 1 fully saturated rings. The van der Waals surface area contributed by atoms with Gasteiger partial charge in [0.1, 0.15) is 6.04 Å². The number of nitrogens with one attached hydrogen (secondary N) is 2. The van der Waals surface area contributed by atoms with Gasteiger partial charge in [0.2, 0.25) is 11.8 Å². The lowest BCUT2D eigenvalue weighted by atomic mass is 9.84. The fraction of sp³-hybridized carbons (Fsp3) is 0.348. The van der Waals surface area contributed by atoms with Gasteiger partial charge in [-0.3, -0.25) is 14.4 Å². The number of para-hydroxylation sites is 1. The molecule has 4 rings (SSSR count). The van der Waals surface area contributed by atoms with Gasteiger partial charge in [0.05, 0.1) is 16.9 Å². The van der Waals surface area contributed by atoms with Crippen LogP contribution in [-0.2, 0) is 15.2 Å². The van der Waals surface area contributed by atoms with Crippen LogP contribution in [0.3, 0.4) is 0 Å². The van der Waals surface area contributed by atoms with Crippen molar-refractivity contribution in [2.75, 3.05) is 18.4 Å². The van der Waals surface area contributed by atoms with Crippen LogP contribution in [0.4, 0.5) is 5.69 Å². The van der Waals surface area contributed by atoms with Crippen LogP contribution in [0.1, 0.15) is 41.6 Å². The Labute approximate surface area is 185 Å². The number of likely N-dealkylation sites (tertiary alicyclic amines) is 1. The maximum atomic E-state index is 12.7. The molecule has 2 aromatic rings. The van der Waals surface area contributed by atoms with Crippen molar-refractivity contribution in [1.29, 1.82) is 0 Å². The molecule has 31 heavy (non-hydrogen) atoms. The van der Waals surface area contributed by atoms with Gasteiger partial charge in [-0.25, -0.2) is 0 Å². The Kier molecular flexibility index (Phi) is 5.98. The molecule has 0 unspecified atom stereocenters. The molecule has 0 aliphatic carbocycles. The number of carbonyl (C=O) groups is 3. The van der Waals surface area contributed by atoms with Crippen LogP contribution in [0.15, 0.2) is 48.5 Å². The van der Waals surface area contributed by atoms with Crippen molar-refractivity contribution in [3.05, 3.63) is 64.7 Å². The highest BCUT2D eigenvalue weighted by Gasteiger charge is 2.36. The average Bonchev–Trinajstić information content (AvgIpc) is 2.89. The summed E-state index contributed by atoms with van der Waals surface area (Å²) < 4.78 is 0. The van der Waals surface area contributed by atoms with E-state index in [1.54, 1.807) is 41.3 Å². The van der Waals surface area contributed by atoms with E-state index in [9.17, 15) is 19.5 Å². The molecule has 8 heteroatoms. The van der Waals surface area contributed by atoms with E-state index < -0.39 is 11.6 Å². The minimum atomic E-state index is -0.984. The van der Waals surface area contributed by atoms with Gasteiger partial charge in [0.25, 0.3) is 5.91 Å². The summed E-state index contributed by atoms with van der Waals surface area (Å²) in [5.74, 6) is -0.763. The molecule has 0 aromatic heterocycles. The molecule has 0 saturated carbocycles. The SMILES string of the molecule is O=C1N[C@@H](CCC(=O)N2CCC(O)(c3ccc(Cl)cc3)CC2)C(=O)Nc2ccccc21. The van der Waals surface area contributed by atoms with Gasteiger partial charge >= 0.3 is 0 Å². The second kappa shape index (κ2) is 8.69. The lowest BCUT2D eigenvalue weighted by molar-refractivity contribution is -0.136. The van der Waals surface area contributed by atoms with Crippen molar-refractivity contribution in [2.45, 2.75) is 37.3 Å². The number of hydrogen-bond acceptors (Lipinski definition) is 4. The molecule has 1 atom stereocenters. The Hall–Kier alpha value is -2.90. The van der Waals surface area contributed by atoms with Gasteiger partial charge in [-0.2, -0.15) is 0 Å². The van der Waals surface area contributed by atoms with E-state index in [1.165, 1.54) is 0 Å². The number of amides is 3. The van der Waals surface area contributed by atoms with Gasteiger partial charge in [-0.15, -0.1) is 0 Å². The minimum Gasteiger partial charge on any atom is -0.385 e. The summed E-state index contributed by atoms with van der Waals surface area (Å²) in [5, 5.41) is 17.0. The van der Waals surface area contributed by atoms with E-state index in [1.807, 2.05) is 12.1 Å². The summed E-state index contributed by atoms with van der Waals surface area (Å²) in [7, 11) is 0. The molecule has 0 bridgehead atoms. The lowest BCUT2D eigenvalue weighted by Gasteiger charge is -2.38. The predicted molar refractivity (Wildman–Crippen MR) is 117 cm³/mol. The van der Waals surface area contributed by atoms with Crippen molar-refractivity contribution >= 4 is 35.0 Å². The third kappa shape index (κ3) is 4.57. The number of aliphatic hydroxyl groups is 1. The Bertz CT molecular complexity index is 1000. The normalized spacial score (nSPS) is 20.3. The van der Waals surface area contributed by atoms with E-state index in [2.05, 4.69) is 10.6 Å². The minimum absolute atomic E-state index is 0.0954. The molecular formula is C23H24ClN3O4. The second-order valence-electron chi connectivity index (χ2n) is 8.02. The number of carbonyl (C=O) groups excluding carboxylic acids is 3. The smallest absolute Gasteiger partial charge is 0.254 e. The van der Waals surface area contributed by atoms with Crippen LogP contribution in [-0.4, -0.2) is 46.9 Å². The quantitative estimate of drug-likeness (QED) is 0.679. The van der Waals surface area contributed by atoms with Crippen LogP contribution in [0, 0.1) is 0 Å². The average molecular weight is 442 g/mol. The predicted octanol–water partition coefficient (Wildman–Crippen LogP) is 2.68. The number of fused-ring (bicyclic) bond motifs is 1. The third-order valence-corrected chi connectivity index (χ3v) is 6.28. The first kappa shape index (κ1) is 21.3. The fourth-order valence-electron chi connectivity index (χ4n) is 4.12. The van der Waals surface area contributed by atoms with Crippen molar-refractivity contribution in [3.63, 3.8) is 0 Å². The van der Waals surface area contributed by atoms with E-state index in [-0.39, 0.29) is 30.6 Å². The second-order valence-corrected chi connectivity index (χ2v) is 8.46. The number of rotatable bonds is 4. The molecular weight excluding hydrogens is 418 g/mol. The number of hydrogen-bond donors (Lipinski definition) is 3. The maximum Gasteiger partial charge on any atom is 0.254 e. The molecule has 7 nitrogen and oxygen atoms in total. The molecule has 2 aliphatic heterocycles. The van der Waals surface area contributed by atoms with Crippen molar-refractivity contribution in [2.24, 2.45) is 0 Å². The van der Waals surface area contributed by atoms with Crippen molar-refractivity contribution in [1.82, 2.24) is 10.2 Å². The van der Waals surface area contributed by atoms with E-state index in [0.29, 0.717) is 42.2 Å².